The molecule has 0 aliphatic carbocycles. The van der Waals surface area contributed by atoms with Crippen LogP contribution in [0.5, 0.6) is 11.5 Å². The summed E-state index contributed by atoms with van der Waals surface area (Å²) in [5.74, 6) is 3.10. The van der Waals surface area contributed by atoms with Crippen molar-refractivity contribution in [2.75, 3.05) is 23.2 Å². The van der Waals surface area contributed by atoms with Crippen LogP contribution in [0.2, 0.25) is 0 Å². The van der Waals surface area contributed by atoms with Gasteiger partial charge in [0.05, 0.1) is 26.1 Å². The van der Waals surface area contributed by atoms with Crippen LogP contribution in [0.15, 0.2) is 105 Å². The largest absolute Gasteiger partial charge is 0.497 e. The summed E-state index contributed by atoms with van der Waals surface area (Å²) in [4.78, 5) is 13.4. The lowest BCUT2D eigenvalue weighted by molar-refractivity contribution is 0.306. The Morgan fingerprint density at radius 1 is 0.900 bits per heavy atom. The second-order valence-corrected chi connectivity index (χ2v) is 9.33. The molecule has 0 saturated carbocycles. The lowest BCUT2D eigenvalue weighted by Crippen LogP contribution is -2.09. The zero-order chi connectivity index (χ0) is 27.6. The molecule has 5 aromatic rings. The van der Waals surface area contributed by atoms with Crippen LogP contribution in [0.4, 0.5) is 23.5 Å². The molecule has 11 heteroatoms. The fraction of sp³-hybridized carbons (Fsp3) is 0.103. The third-order valence-electron chi connectivity index (χ3n) is 5.56. The van der Waals surface area contributed by atoms with E-state index in [1.807, 2.05) is 84.9 Å². The lowest BCUT2D eigenvalue weighted by atomic mass is 10.2. The molecule has 0 amide bonds. The average Bonchev–Trinajstić information content (AvgIpc) is 3.51. The third kappa shape index (κ3) is 7.58. The van der Waals surface area contributed by atoms with E-state index in [-0.39, 0.29) is 5.95 Å². The summed E-state index contributed by atoms with van der Waals surface area (Å²) in [5.41, 5.74) is 5.54. The first kappa shape index (κ1) is 26.7. The molecule has 0 bridgehead atoms. The Hall–Kier alpha value is -4.90. The van der Waals surface area contributed by atoms with Gasteiger partial charge in [-0.25, -0.2) is 5.43 Å². The molecule has 0 aliphatic rings. The zero-order valence-corrected chi connectivity index (χ0v) is 23.1. The number of ether oxygens (including phenoxy) is 2. The van der Waals surface area contributed by atoms with Crippen LogP contribution in [0.1, 0.15) is 16.9 Å². The number of furan rings is 1. The quantitative estimate of drug-likeness (QED) is 0.107. The summed E-state index contributed by atoms with van der Waals surface area (Å²) >= 11 is 3.52. The van der Waals surface area contributed by atoms with Gasteiger partial charge < -0.3 is 24.5 Å². The van der Waals surface area contributed by atoms with Crippen molar-refractivity contribution in [1.29, 1.82) is 0 Å². The first-order chi connectivity index (χ1) is 19.6. The van der Waals surface area contributed by atoms with Crippen molar-refractivity contribution in [1.82, 2.24) is 15.0 Å². The second kappa shape index (κ2) is 13.3. The van der Waals surface area contributed by atoms with Crippen molar-refractivity contribution in [3.05, 3.63) is 113 Å². The van der Waals surface area contributed by atoms with E-state index in [2.05, 4.69) is 52.0 Å². The molecular formula is C29H26BrN7O3. The number of benzene rings is 3. The van der Waals surface area contributed by atoms with Gasteiger partial charge in [0.1, 0.15) is 23.9 Å². The van der Waals surface area contributed by atoms with Crippen molar-refractivity contribution < 1.29 is 13.9 Å². The van der Waals surface area contributed by atoms with E-state index in [0.29, 0.717) is 30.8 Å². The van der Waals surface area contributed by atoms with Gasteiger partial charge in [-0.05, 0) is 60.2 Å². The molecule has 3 aromatic carbocycles. The molecule has 0 radical (unpaired) electrons. The average molecular weight is 600 g/mol. The molecule has 3 N–H and O–H groups in total. The van der Waals surface area contributed by atoms with Gasteiger partial charge in [-0.3, -0.25) is 0 Å². The minimum atomic E-state index is 0.242. The number of nitrogens with zero attached hydrogens (tertiary/aromatic N) is 4. The van der Waals surface area contributed by atoms with Gasteiger partial charge >= 0.3 is 0 Å². The summed E-state index contributed by atoms with van der Waals surface area (Å²) in [6.07, 6.45) is 3.27. The van der Waals surface area contributed by atoms with Gasteiger partial charge in [0.15, 0.2) is 0 Å². The summed E-state index contributed by atoms with van der Waals surface area (Å²) < 4.78 is 17.6. The summed E-state index contributed by atoms with van der Waals surface area (Å²) in [5, 5.41) is 10.7. The van der Waals surface area contributed by atoms with Gasteiger partial charge in [-0.15, -0.1) is 0 Å². The van der Waals surface area contributed by atoms with Crippen molar-refractivity contribution in [2.45, 2.75) is 13.2 Å². The Morgan fingerprint density at radius 3 is 2.48 bits per heavy atom. The molecule has 40 heavy (non-hydrogen) atoms. The highest BCUT2D eigenvalue weighted by Crippen LogP contribution is 2.23. The van der Waals surface area contributed by atoms with Gasteiger partial charge in [-0.2, -0.15) is 20.1 Å². The number of hydrazone groups is 1. The maximum absolute atomic E-state index is 6.05. The van der Waals surface area contributed by atoms with Crippen LogP contribution in [-0.4, -0.2) is 28.3 Å². The third-order valence-corrected chi connectivity index (χ3v) is 6.05. The van der Waals surface area contributed by atoms with E-state index in [1.165, 1.54) is 0 Å². The predicted molar refractivity (Wildman–Crippen MR) is 158 cm³/mol. The highest BCUT2D eigenvalue weighted by molar-refractivity contribution is 9.10. The maximum Gasteiger partial charge on any atom is 0.250 e. The molecule has 0 unspecified atom stereocenters. The SMILES string of the molecule is COc1ccc(Nc2nc(NCc3ccco3)nc(N/N=C/c3cc(Br)ccc3OCc3ccccc3)n2)cc1. The van der Waals surface area contributed by atoms with Crippen LogP contribution >= 0.6 is 15.9 Å². The normalized spacial score (nSPS) is 10.8. The monoisotopic (exact) mass is 599 g/mol. The molecule has 0 aliphatic heterocycles. The molecule has 2 aromatic heterocycles. The second-order valence-electron chi connectivity index (χ2n) is 8.42. The molecule has 2 heterocycles. The number of aromatic nitrogens is 3. The molecular weight excluding hydrogens is 574 g/mol. The summed E-state index contributed by atoms with van der Waals surface area (Å²) in [7, 11) is 1.62. The highest BCUT2D eigenvalue weighted by atomic mass is 79.9. The smallest absolute Gasteiger partial charge is 0.250 e. The molecule has 0 spiro atoms. The van der Waals surface area contributed by atoms with Crippen molar-refractivity contribution in [3.63, 3.8) is 0 Å². The molecule has 0 fully saturated rings. The Balaban J connectivity index is 1.33. The van der Waals surface area contributed by atoms with E-state index in [4.69, 9.17) is 13.9 Å². The van der Waals surface area contributed by atoms with E-state index in [0.717, 1.165) is 32.8 Å². The highest BCUT2D eigenvalue weighted by Gasteiger charge is 2.09. The first-order valence-corrected chi connectivity index (χ1v) is 13.1. The van der Waals surface area contributed by atoms with Gasteiger partial charge in [0.25, 0.3) is 0 Å². The molecule has 10 nitrogen and oxygen atoms in total. The van der Waals surface area contributed by atoms with Gasteiger partial charge in [-0.1, -0.05) is 46.3 Å². The maximum atomic E-state index is 6.05. The van der Waals surface area contributed by atoms with E-state index >= 15 is 0 Å². The number of halogens is 1. The van der Waals surface area contributed by atoms with Gasteiger partial charge in [0.2, 0.25) is 17.8 Å². The minimum Gasteiger partial charge on any atom is -0.497 e. The molecule has 5 rings (SSSR count). The van der Waals surface area contributed by atoms with E-state index < -0.39 is 0 Å². The topological polar surface area (TPSA) is 119 Å². The number of hydrogen-bond acceptors (Lipinski definition) is 10. The van der Waals surface area contributed by atoms with E-state index in [1.54, 1.807) is 19.6 Å². The van der Waals surface area contributed by atoms with Gasteiger partial charge in [0, 0.05) is 15.7 Å². The van der Waals surface area contributed by atoms with Crippen molar-refractivity contribution >= 4 is 45.7 Å². The lowest BCUT2D eigenvalue weighted by Gasteiger charge is -2.11. The van der Waals surface area contributed by atoms with Crippen LogP contribution in [-0.2, 0) is 13.2 Å². The number of methoxy groups -OCH3 is 1. The summed E-state index contributed by atoms with van der Waals surface area (Å²) in [6.45, 7) is 0.844. The number of hydrogen-bond donors (Lipinski definition) is 3. The van der Waals surface area contributed by atoms with Crippen molar-refractivity contribution in [2.24, 2.45) is 5.10 Å². The first-order valence-electron chi connectivity index (χ1n) is 12.3. The Labute approximate surface area is 239 Å². The van der Waals surface area contributed by atoms with E-state index in [9.17, 15) is 0 Å². The fourth-order valence-electron chi connectivity index (χ4n) is 3.59. The van der Waals surface area contributed by atoms with Crippen LogP contribution in [0, 0.1) is 0 Å². The Bertz CT molecular complexity index is 1550. The standard InChI is InChI=1S/C29H26BrN7O3/c1-38-24-12-10-23(11-13-24)33-28-34-27(31-18-25-8-5-15-39-25)35-29(36-28)37-32-17-21-16-22(30)9-14-26(21)40-19-20-6-3-2-4-7-20/h2-17H,18-19H2,1H3,(H3,31,33,34,35,36,37)/b32-17+. The number of rotatable bonds is 12. The van der Waals surface area contributed by atoms with Crippen LogP contribution in [0.3, 0.4) is 0 Å². The number of anilines is 4. The van der Waals surface area contributed by atoms with Crippen LogP contribution < -0.4 is 25.5 Å². The zero-order valence-electron chi connectivity index (χ0n) is 21.5. The molecule has 0 atom stereocenters. The molecule has 202 valence electrons. The number of nitrogens with one attached hydrogen (secondary N) is 3. The minimum absolute atomic E-state index is 0.242. The predicted octanol–water partition coefficient (Wildman–Crippen LogP) is 6.62. The van der Waals surface area contributed by atoms with Crippen molar-refractivity contribution in [3.8, 4) is 11.5 Å². The Kier molecular flexibility index (Phi) is 8.84. The van der Waals surface area contributed by atoms with Crippen LogP contribution in [0.25, 0.3) is 0 Å². The molecule has 0 saturated heterocycles. The Morgan fingerprint density at radius 2 is 1.70 bits per heavy atom. The summed E-state index contributed by atoms with van der Waals surface area (Å²) in [6, 6.07) is 26.8. The fourth-order valence-corrected chi connectivity index (χ4v) is 3.97.